The van der Waals surface area contributed by atoms with Gasteiger partial charge in [0.1, 0.15) is 15.3 Å². The molecule has 0 saturated carbocycles. The van der Waals surface area contributed by atoms with E-state index in [1.807, 2.05) is 13.0 Å². The first kappa shape index (κ1) is 16.4. The normalized spacial score (nSPS) is 26.2. The zero-order chi connectivity index (χ0) is 15.4. The number of aromatic nitrogens is 2. The fourth-order valence-corrected chi connectivity index (χ4v) is 3.39. The van der Waals surface area contributed by atoms with Gasteiger partial charge < -0.3 is 19.1 Å². The highest BCUT2D eigenvalue weighted by atomic mass is 127. The lowest BCUT2D eigenvalue weighted by atomic mass is 10.2. The lowest BCUT2D eigenvalue weighted by Crippen LogP contribution is -2.45. The van der Waals surface area contributed by atoms with Crippen molar-refractivity contribution in [1.29, 1.82) is 0 Å². The third-order valence-corrected chi connectivity index (χ3v) is 4.41. The Morgan fingerprint density at radius 2 is 2.23 bits per heavy atom. The Kier molecular flexibility index (Phi) is 5.83. The first-order valence-electron chi connectivity index (χ1n) is 7.81. The minimum absolute atomic E-state index is 0.0602. The summed E-state index contributed by atoms with van der Waals surface area (Å²) in [6, 6.07) is 2.01. The van der Waals surface area contributed by atoms with E-state index in [1.54, 1.807) is 0 Å². The third-order valence-electron chi connectivity index (χ3n) is 3.86. The molecule has 1 aromatic heterocycles. The largest absolute Gasteiger partial charge is 0.372 e. The molecule has 122 valence electrons. The smallest absolute Gasteiger partial charge is 0.157 e. The van der Waals surface area contributed by atoms with Gasteiger partial charge in [-0.05, 0) is 48.8 Å². The predicted molar refractivity (Wildman–Crippen MR) is 91.0 cm³/mol. The molecular weight excluding hydrogens is 397 g/mol. The summed E-state index contributed by atoms with van der Waals surface area (Å²) in [6.45, 7) is 5.64. The Morgan fingerprint density at radius 1 is 1.32 bits per heavy atom. The molecule has 0 aliphatic carbocycles. The molecule has 22 heavy (non-hydrogen) atoms. The molecule has 2 fully saturated rings. The van der Waals surface area contributed by atoms with Crippen LogP contribution in [0.4, 0.5) is 5.82 Å². The number of rotatable bonds is 4. The minimum atomic E-state index is -0.0602. The summed E-state index contributed by atoms with van der Waals surface area (Å²) in [4.78, 5) is 11.1. The highest BCUT2D eigenvalue weighted by molar-refractivity contribution is 14.1. The number of anilines is 1. The predicted octanol–water partition coefficient (Wildman–Crippen LogP) is 2.14. The summed E-state index contributed by atoms with van der Waals surface area (Å²) in [5, 5.41) is 0. The summed E-state index contributed by atoms with van der Waals surface area (Å²) in [7, 11) is 0. The van der Waals surface area contributed by atoms with Gasteiger partial charge in [-0.15, -0.1) is 0 Å². The molecule has 3 heterocycles. The molecule has 0 aromatic carbocycles. The number of nitrogens with zero attached hydrogens (tertiary/aromatic N) is 3. The average Bonchev–Trinajstić information content (AvgIpc) is 2.53. The van der Waals surface area contributed by atoms with E-state index in [-0.39, 0.29) is 12.4 Å². The van der Waals surface area contributed by atoms with Gasteiger partial charge in [0.25, 0.3) is 0 Å². The van der Waals surface area contributed by atoms with Crippen LogP contribution in [0.2, 0.25) is 0 Å². The summed E-state index contributed by atoms with van der Waals surface area (Å²) in [6.07, 6.45) is 3.31. The van der Waals surface area contributed by atoms with Crippen molar-refractivity contribution in [3.05, 3.63) is 15.6 Å². The lowest BCUT2D eigenvalue weighted by Gasteiger charge is -2.34. The van der Waals surface area contributed by atoms with E-state index >= 15 is 0 Å². The summed E-state index contributed by atoms with van der Waals surface area (Å²) in [5.41, 5.74) is 0. The second kappa shape index (κ2) is 7.85. The molecule has 0 radical (unpaired) electrons. The van der Waals surface area contributed by atoms with Gasteiger partial charge in [-0.25, -0.2) is 9.97 Å². The molecule has 0 bridgehead atoms. The molecule has 1 aromatic rings. The van der Waals surface area contributed by atoms with E-state index in [4.69, 9.17) is 14.2 Å². The second-order valence-electron chi connectivity index (χ2n) is 5.66. The van der Waals surface area contributed by atoms with E-state index in [2.05, 4.69) is 37.5 Å². The Morgan fingerprint density at radius 3 is 3.00 bits per heavy atom. The number of halogens is 1. The summed E-state index contributed by atoms with van der Waals surface area (Å²) >= 11 is 2.23. The van der Waals surface area contributed by atoms with Crippen molar-refractivity contribution in [2.24, 2.45) is 0 Å². The maximum Gasteiger partial charge on any atom is 0.157 e. The Bertz CT molecular complexity index is 477. The van der Waals surface area contributed by atoms with Crippen molar-refractivity contribution < 1.29 is 14.2 Å². The van der Waals surface area contributed by atoms with Crippen LogP contribution < -0.4 is 4.90 Å². The van der Waals surface area contributed by atoms with Gasteiger partial charge in [0.15, 0.2) is 6.29 Å². The molecule has 2 aliphatic rings. The molecule has 6 nitrogen and oxygen atoms in total. The van der Waals surface area contributed by atoms with Crippen molar-refractivity contribution in [3.63, 3.8) is 0 Å². The number of hydrogen-bond donors (Lipinski definition) is 0. The van der Waals surface area contributed by atoms with Crippen LogP contribution in [-0.2, 0) is 14.2 Å². The number of ether oxygens (including phenoxy) is 3. The van der Waals surface area contributed by atoms with Crippen molar-refractivity contribution >= 4 is 28.4 Å². The van der Waals surface area contributed by atoms with Crippen LogP contribution in [0.15, 0.2) is 6.07 Å². The SMILES string of the molecule is Cc1nc(I)cc(N2CCO[C@H](COC3CCCCO3)C2)n1. The molecule has 1 unspecified atom stereocenters. The number of aryl methyl sites for hydroxylation is 1. The van der Waals surface area contributed by atoms with Gasteiger partial charge >= 0.3 is 0 Å². The third kappa shape index (κ3) is 4.50. The summed E-state index contributed by atoms with van der Waals surface area (Å²) in [5.74, 6) is 1.77. The molecule has 2 atom stereocenters. The molecule has 7 heteroatoms. The van der Waals surface area contributed by atoms with Crippen LogP contribution in [0.25, 0.3) is 0 Å². The van der Waals surface area contributed by atoms with E-state index in [0.717, 1.165) is 47.9 Å². The van der Waals surface area contributed by atoms with Crippen molar-refractivity contribution in [3.8, 4) is 0 Å². The van der Waals surface area contributed by atoms with Crippen molar-refractivity contribution in [2.75, 3.05) is 37.8 Å². The van der Waals surface area contributed by atoms with E-state index in [1.165, 1.54) is 6.42 Å². The van der Waals surface area contributed by atoms with Crippen LogP contribution >= 0.6 is 22.6 Å². The molecule has 2 saturated heterocycles. The first-order chi connectivity index (χ1) is 10.7. The molecule has 3 rings (SSSR count). The van der Waals surface area contributed by atoms with Crippen molar-refractivity contribution in [1.82, 2.24) is 9.97 Å². The Balaban J connectivity index is 1.54. The van der Waals surface area contributed by atoms with E-state index in [9.17, 15) is 0 Å². The van der Waals surface area contributed by atoms with E-state index < -0.39 is 0 Å². The molecule has 2 aliphatic heterocycles. The standard InChI is InChI=1S/C15H22IN3O3/c1-11-17-13(16)8-14(18-11)19-5-7-20-12(9-19)10-22-15-4-2-3-6-21-15/h8,12,15H,2-7,9-10H2,1H3/t12-,15?/m0/s1. The molecular formula is C15H22IN3O3. The highest BCUT2D eigenvalue weighted by Crippen LogP contribution is 2.19. The van der Waals surface area contributed by atoms with Crippen LogP contribution in [0.3, 0.4) is 0 Å². The van der Waals surface area contributed by atoms with Crippen LogP contribution in [-0.4, -0.2) is 55.3 Å². The van der Waals surface area contributed by atoms with Gasteiger partial charge in [-0.2, -0.15) is 0 Å². The number of morpholine rings is 1. The Hall–Kier alpha value is -0.510. The van der Waals surface area contributed by atoms with E-state index in [0.29, 0.717) is 13.2 Å². The fourth-order valence-electron chi connectivity index (χ4n) is 2.76. The monoisotopic (exact) mass is 419 g/mol. The topological polar surface area (TPSA) is 56.7 Å². The zero-order valence-corrected chi connectivity index (χ0v) is 15.0. The molecule has 0 spiro atoms. The maximum absolute atomic E-state index is 5.85. The Labute approximate surface area is 144 Å². The lowest BCUT2D eigenvalue weighted by molar-refractivity contribution is -0.180. The zero-order valence-electron chi connectivity index (χ0n) is 12.8. The average molecular weight is 419 g/mol. The quantitative estimate of drug-likeness (QED) is 0.551. The van der Waals surface area contributed by atoms with Crippen LogP contribution in [0.1, 0.15) is 25.1 Å². The first-order valence-corrected chi connectivity index (χ1v) is 8.89. The van der Waals surface area contributed by atoms with Gasteiger partial charge in [0.05, 0.1) is 19.3 Å². The van der Waals surface area contributed by atoms with Gasteiger partial charge in [0.2, 0.25) is 0 Å². The minimum Gasteiger partial charge on any atom is -0.372 e. The van der Waals surface area contributed by atoms with Gasteiger partial charge in [-0.1, -0.05) is 0 Å². The van der Waals surface area contributed by atoms with Crippen LogP contribution in [0, 0.1) is 10.6 Å². The highest BCUT2D eigenvalue weighted by Gasteiger charge is 2.24. The molecule has 0 N–H and O–H groups in total. The summed E-state index contributed by atoms with van der Waals surface area (Å²) < 4.78 is 18.2. The van der Waals surface area contributed by atoms with Crippen LogP contribution in [0.5, 0.6) is 0 Å². The number of hydrogen-bond acceptors (Lipinski definition) is 6. The van der Waals surface area contributed by atoms with Crippen molar-refractivity contribution in [2.45, 2.75) is 38.6 Å². The second-order valence-corrected chi connectivity index (χ2v) is 6.77. The van der Waals surface area contributed by atoms with Gasteiger partial charge in [-0.3, -0.25) is 0 Å². The fraction of sp³-hybridized carbons (Fsp3) is 0.733. The van der Waals surface area contributed by atoms with Gasteiger partial charge in [0, 0.05) is 25.8 Å². The maximum atomic E-state index is 5.85. The molecule has 0 amide bonds.